The second-order valence-electron chi connectivity index (χ2n) is 12.2. The molecule has 0 aliphatic carbocycles. The maximum Gasteiger partial charge on any atom is 0.138 e. The van der Waals surface area contributed by atoms with Crippen molar-refractivity contribution in [3.63, 3.8) is 0 Å². The van der Waals surface area contributed by atoms with Crippen LogP contribution in [0.5, 0.6) is 0 Å². The van der Waals surface area contributed by atoms with Crippen molar-refractivity contribution in [2.75, 3.05) is 33.7 Å². The molecule has 7 rings (SSSR count). The minimum absolute atomic E-state index is 0.229. The standard InChI is InChI=1S/C35H37FN8/c1-44(2)13-3-4-23-15-25(18-27(36)17-23)28-9-12-39-35-29(28)19-32(41-35)34-33-31(42-43-34)6-5-30(40-33)26-16-24(20-38-21-26)14-22-7-10-37-11-8-22/h5-6,9,12,15-22,37H,3-4,7-8,10-11,13-14H2,1-2H3,(H,39,41)(H,42,43). The van der Waals surface area contributed by atoms with E-state index < -0.39 is 0 Å². The Morgan fingerprint density at radius 3 is 2.68 bits per heavy atom. The summed E-state index contributed by atoms with van der Waals surface area (Å²) in [5.74, 6) is 0.458. The van der Waals surface area contributed by atoms with Crippen LogP contribution < -0.4 is 5.32 Å². The molecular formula is C35H37FN8. The van der Waals surface area contributed by atoms with E-state index in [2.05, 4.69) is 61.6 Å². The summed E-state index contributed by atoms with van der Waals surface area (Å²) >= 11 is 0. The monoisotopic (exact) mass is 588 g/mol. The van der Waals surface area contributed by atoms with Crippen LogP contribution in [0.2, 0.25) is 0 Å². The predicted octanol–water partition coefficient (Wildman–Crippen LogP) is 6.41. The van der Waals surface area contributed by atoms with Crippen LogP contribution in [0.1, 0.15) is 30.4 Å². The van der Waals surface area contributed by atoms with Crippen LogP contribution >= 0.6 is 0 Å². The smallest absolute Gasteiger partial charge is 0.138 e. The topological polar surface area (TPSA) is 98.4 Å². The highest BCUT2D eigenvalue weighted by molar-refractivity contribution is 5.99. The average Bonchev–Trinajstić information content (AvgIpc) is 3.65. The molecule has 1 saturated heterocycles. The number of hydrogen-bond donors (Lipinski definition) is 3. The number of halogens is 1. The van der Waals surface area contributed by atoms with Crippen LogP contribution in [0.4, 0.5) is 4.39 Å². The molecule has 224 valence electrons. The number of rotatable bonds is 9. The first-order valence-corrected chi connectivity index (χ1v) is 15.4. The molecule has 0 spiro atoms. The Morgan fingerprint density at radius 2 is 1.82 bits per heavy atom. The van der Waals surface area contributed by atoms with Gasteiger partial charge in [-0.05, 0) is 136 Å². The molecule has 0 unspecified atom stereocenters. The summed E-state index contributed by atoms with van der Waals surface area (Å²) in [7, 11) is 4.11. The van der Waals surface area contributed by atoms with Gasteiger partial charge in [0.1, 0.15) is 22.7 Å². The zero-order valence-corrected chi connectivity index (χ0v) is 25.2. The van der Waals surface area contributed by atoms with E-state index in [1.165, 1.54) is 18.4 Å². The van der Waals surface area contributed by atoms with Crippen molar-refractivity contribution in [1.29, 1.82) is 0 Å². The Hall–Kier alpha value is -4.47. The number of benzene rings is 1. The first-order valence-electron chi connectivity index (χ1n) is 15.4. The highest BCUT2D eigenvalue weighted by atomic mass is 19.1. The minimum atomic E-state index is -0.229. The molecule has 8 nitrogen and oxygen atoms in total. The number of nitrogens with one attached hydrogen (secondary N) is 3. The molecule has 0 atom stereocenters. The normalized spacial score (nSPS) is 14.3. The molecule has 3 N–H and O–H groups in total. The fourth-order valence-corrected chi connectivity index (χ4v) is 6.36. The molecular weight excluding hydrogens is 551 g/mol. The number of aryl methyl sites for hydroxylation is 1. The van der Waals surface area contributed by atoms with Crippen LogP contribution in [-0.2, 0) is 12.8 Å². The van der Waals surface area contributed by atoms with Gasteiger partial charge in [-0.25, -0.2) is 14.4 Å². The van der Waals surface area contributed by atoms with Gasteiger partial charge in [-0.1, -0.05) is 6.07 Å². The molecule has 44 heavy (non-hydrogen) atoms. The third-order valence-corrected chi connectivity index (χ3v) is 8.61. The second-order valence-corrected chi connectivity index (χ2v) is 12.2. The van der Waals surface area contributed by atoms with Crippen LogP contribution in [0.3, 0.4) is 0 Å². The molecule has 1 fully saturated rings. The maximum absolute atomic E-state index is 14.8. The van der Waals surface area contributed by atoms with Gasteiger partial charge in [-0.2, -0.15) is 5.10 Å². The Kier molecular flexibility index (Phi) is 7.89. The predicted molar refractivity (Wildman–Crippen MR) is 174 cm³/mol. The lowest BCUT2D eigenvalue weighted by Crippen LogP contribution is -2.28. The van der Waals surface area contributed by atoms with Gasteiger partial charge in [0.25, 0.3) is 0 Å². The lowest BCUT2D eigenvalue weighted by atomic mass is 9.91. The number of fused-ring (bicyclic) bond motifs is 2. The van der Waals surface area contributed by atoms with Gasteiger partial charge in [0.05, 0.1) is 16.9 Å². The summed E-state index contributed by atoms with van der Waals surface area (Å²) < 4.78 is 14.8. The largest absolute Gasteiger partial charge is 0.338 e. The van der Waals surface area contributed by atoms with Gasteiger partial charge in [-0.15, -0.1) is 0 Å². The summed E-state index contributed by atoms with van der Waals surface area (Å²) in [6.45, 7) is 3.13. The van der Waals surface area contributed by atoms with Gasteiger partial charge in [0.2, 0.25) is 0 Å². The molecule has 1 aromatic carbocycles. The zero-order valence-electron chi connectivity index (χ0n) is 25.2. The number of aromatic amines is 2. The Labute approximate surface area is 256 Å². The van der Waals surface area contributed by atoms with Crippen molar-refractivity contribution in [3.8, 4) is 33.8 Å². The molecule has 0 bridgehead atoms. The van der Waals surface area contributed by atoms with E-state index in [0.29, 0.717) is 11.6 Å². The summed E-state index contributed by atoms with van der Waals surface area (Å²) in [5, 5.41) is 12.1. The highest BCUT2D eigenvalue weighted by Crippen LogP contribution is 2.34. The van der Waals surface area contributed by atoms with E-state index in [4.69, 9.17) is 4.98 Å². The van der Waals surface area contributed by atoms with Crippen molar-refractivity contribution >= 4 is 22.1 Å². The van der Waals surface area contributed by atoms with Crippen molar-refractivity contribution in [1.82, 2.24) is 40.3 Å². The fourth-order valence-electron chi connectivity index (χ4n) is 6.36. The third-order valence-electron chi connectivity index (χ3n) is 8.61. The van der Waals surface area contributed by atoms with Crippen LogP contribution in [0.15, 0.2) is 67.1 Å². The second kappa shape index (κ2) is 12.3. The Morgan fingerprint density at radius 1 is 0.955 bits per heavy atom. The molecule has 1 aliphatic rings. The van der Waals surface area contributed by atoms with Crippen LogP contribution in [0, 0.1) is 11.7 Å². The zero-order chi connectivity index (χ0) is 30.0. The van der Waals surface area contributed by atoms with Crippen molar-refractivity contribution < 1.29 is 4.39 Å². The van der Waals surface area contributed by atoms with E-state index in [9.17, 15) is 4.39 Å². The quantitative estimate of drug-likeness (QED) is 0.181. The summed E-state index contributed by atoms with van der Waals surface area (Å²) in [4.78, 5) is 19.8. The van der Waals surface area contributed by atoms with Gasteiger partial charge in [0, 0.05) is 29.5 Å². The molecule has 6 heterocycles. The Balaban J connectivity index is 1.21. The summed E-state index contributed by atoms with van der Waals surface area (Å²) in [5.41, 5.74) is 9.72. The van der Waals surface area contributed by atoms with Gasteiger partial charge in [-0.3, -0.25) is 10.1 Å². The molecule has 0 radical (unpaired) electrons. The number of hydrogen-bond acceptors (Lipinski definition) is 6. The van der Waals surface area contributed by atoms with Crippen molar-refractivity contribution in [2.24, 2.45) is 5.92 Å². The minimum Gasteiger partial charge on any atom is -0.338 e. The number of piperidine rings is 1. The van der Waals surface area contributed by atoms with E-state index in [0.717, 1.165) is 94.6 Å². The first-order chi connectivity index (χ1) is 21.5. The number of pyridine rings is 3. The molecule has 1 aliphatic heterocycles. The highest BCUT2D eigenvalue weighted by Gasteiger charge is 2.18. The summed E-state index contributed by atoms with van der Waals surface area (Å²) in [6.07, 6.45) is 10.8. The molecule has 9 heteroatoms. The molecule has 0 saturated carbocycles. The van der Waals surface area contributed by atoms with Crippen molar-refractivity contribution in [3.05, 3.63) is 84.1 Å². The lowest BCUT2D eigenvalue weighted by molar-refractivity contribution is 0.372. The number of aromatic nitrogens is 6. The van der Waals surface area contributed by atoms with Gasteiger partial charge >= 0.3 is 0 Å². The van der Waals surface area contributed by atoms with Gasteiger partial charge in [0.15, 0.2) is 0 Å². The lowest BCUT2D eigenvalue weighted by Gasteiger charge is -2.22. The SMILES string of the molecule is CN(C)CCCc1cc(F)cc(-c2ccnc3[nH]c(-c4n[nH]c5ccc(-c6cncc(CC7CCNCC7)c6)nc45)cc23)c1. The van der Waals surface area contributed by atoms with E-state index in [1.54, 1.807) is 18.3 Å². The van der Waals surface area contributed by atoms with E-state index >= 15 is 0 Å². The molecule has 6 aromatic rings. The summed E-state index contributed by atoms with van der Waals surface area (Å²) in [6, 6.07) is 15.6. The Bertz CT molecular complexity index is 1920. The number of H-pyrrole nitrogens is 2. The average molecular weight is 589 g/mol. The maximum atomic E-state index is 14.8. The number of nitrogens with zero attached hydrogens (tertiary/aromatic N) is 5. The first kappa shape index (κ1) is 28.3. The van der Waals surface area contributed by atoms with Crippen molar-refractivity contribution in [2.45, 2.75) is 32.1 Å². The molecule has 5 aromatic heterocycles. The third kappa shape index (κ3) is 5.98. The van der Waals surface area contributed by atoms with Crippen LogP contribution in [0.25, 0.3) is 55.8 Å². The van der Waals surface area contributed by atoms with E-state index in [1.807, 2.05) is 36.7 Å². The fraction of sp³-hybridized carbons (Fsp3) is 0.314. The molecule has 0 amide bonds. The van der Waals surface area contributed by atoms with Crippen LogP contribution in [-0.4, -0.2) is 68.8 Å². The van der Waals surface area contributed by atoms with E-state index in [-0.39, 0.29) is 5.82 Å². The van der Waals surface area contributed by atoms with Gasteiger partial charge < -0.3 is 15.2 Å².